The lowest BCUT2D eigenvalue weighted by molar-refractivity contribution is -0.0587. The lowest BCUT2D eigenvalue weighted by Crippen LogP contribution is -2.36. The van der Waals surface area contributed by atoms with Crippen LogP contribution in [-0.4, -0.2) is 94.0 Å². The van der Waals surface area contributed by atoms with E-state index in [0.717, 1.165) is 0 Å². The Morgan fingerprint density at radius 2 is 1.73 bits per heavy atom. The molecule has 3 aromatic heterocycles. The van der Waals surface area contributed by atoms with Gasteiger partial charge in [0.25, 0.3) is 5.56 Å². The van der Waals surface area contributed by atoms with Gasteiger partial charge >= 0.3 is 13.5 Å². The summed E-state index contributed by atoms with van der Waals surface area (Å²) in [5.41, 5.74) is 6.27. The van der Waals surface area contributed by atoms with Gasteiger partial charge in [0.05, 0.1) is 36.9 Å². The van der Waals surface area contributed by atoms with Crippen molar-refractivity contribution in [1.82, 2.24) is 29.1 Å². The van der Waals surface area contributed by atoms with Gasteiger partial charge in [-0.15, -0.1) is 0 Å². The van der Waals surface area contributed by atoms with E-state index in [4.69, 9.17) is 45.1 Å². The first-order valence-electron chi connectivity index (χ1n) is 13.0. The number of hydrogen-bond acceptors (Lipinski definition) is 15. The number of thiol groups is 1. The summed E-state index contributed by atoms with van der Waals surface area (Å²) in [5.74, 6) is -0.209. The number of imidazole rings is 2. The number of anilines is 1. The molecule has 0 saturated carbocycles. The molecule has 3 saturated heterocycles. The van der Waals surface area contributed by atoms with Crippen LogP contribution in [0, 0.1) is 0 Å². The van der Waals surface area contributed by atoms with Crippen LogP contribution >= 0.6 is 25.8 Å². The molecule has 4 unspecified atom stereocenters. The molecule has 4 aromatic rings. The highest BCUT2D eigenvalue weighted by Crippen LogP contribution is 2.58. The third kappa shape index (κ3) is 5.43. The molecule has 3 fully saturated rings. The molecule has 0 spiro atoms. The van der Waals surface area contributed by atoms with Crippen LogP contribution in [-0.2, 0) is 43.9 Å². The molecule has 0 radical (unpaired) electrons. The summed E-state index contributed by atoms with van der Waals surface area (Å²) in [6, 6.07) is 7.16. The zero-order chi connectivity index (χ0) is 31.0. The number of H-pyrrole nitrogens is 1. The molecule has 7 rings (SSSR count). The van der Waals surface area contributed by atoms with Crippen molar-refractivity contribution >= 4 is 65.7 Å². The van der Waals surface area contributed by atoms with Crippen LogP contribution in [0.25, 0.3) is 22.2 Å². The number of nitrogens with one attached hydrogen (secondary N) is 1. The van der Waals surface area contributed by atoms with E-state index in [0.29, 0.717) is 11.0 Å². The summed E-state index contributed by atoms with van der Waals surface area (Å²) in [6.45, 7) is -9.49. The molecule has 6 N–H and O–H groups in total. The summed E-state index contributed by atoms with van der Waals surface area (Å²) in [7, 11) is 0. The van der Waals surface area contributed by atoms with Crippen LogP contribution in [0.4, 0.5) is 5.95 Å². The zero-order valence-corrected chi connectivity index (χ0v) is 25.7. The minimum absolute atomic E-state index is 0.0143. The van der Waals surface area contributed by atoms with Crippen molar-refractivity contribution in [3.63, 3.8) is 0 Å². The van der Waals surface area contributed by atoms with Crippen molar-refractivity contribution in [1.29, 1.82) is 0 Å². The van der Waals surface area contributed by atoms with Crippen LogP contribution in [0.15, 0.2) is 41.7 Å². The number of aromatic nitrogens is 6. The number of nitrogen functional groups attached to an aromatic ring is 1. The Morgan fingerprint density at radius 3 is 2.55 bits per heavy atom. The Balaban J connectivity index is 1.21. The molecule has 236 valence electrons. The topological polar surface area (TPSA) is 241 Å². The number of aliphatic hydroxyl groups excluding tert-OH is 2. The number of rotatable bonds is 2. The number of nitrogens with two attached hydrogens (primary N) is 1. The van der Waals surface area contributed by atoms with Gasteiger partial charge in [0.1, 0.15) is 36.6 Å². The van der Waals surface area contributed by atoms with Crippen molar-refractivity contribution in [3.05, 3.63) is 47.3 Å². The van der Waals surface area contributed by atoms with E-state index in [2.05, 4.69) is 32.2 Å². The molecular formula is C22H25N7O11P2S2. The summed E-state index contributed by atoms with van der Waals surface area (Å²) in [6.07, 6.45) is -7.78. The minimum Gasteiger partial charge on any atom is -0.387 e. The highest BCUT2D eigenvalue weighted by molar-refractivity contribution is 8.44. The van der Waals surface area contributed by atoms with Crippen LogP contribution < -0.4 is 11.3 Å². The van der Waals surface area contributed by atoms with Gasteiger partial charge in [-0.2, -0.15) is 4.98 Å². The van der Waals surface area contributed by atoms with Crippen LogP contribution in [0.5, 0.6) is 0 Å². The lowest BCUT2D eigenvalue weighted by atomic mass is 10.1. The van der Waals surface area contributed by atoms with Crippen molar-refractivity contribution in [2.45, 2.75) is 49.1 Å². The normalized spacial score (nSPS) is 38.3. The molecule has 2 bridgehead atoms. The van der Waals surface area contributed by atoms with E-state index in [1.165, 1.54) is 17.2 Å². The summed E-state index contributed by atoms with van der Waals surface area (Å²) in [5, 5.41) is 22.4. The fourth-order valence-corrected chi connectivity index (χ4v) is 8.33. The van der Waals surface area contributed by atoms with Gasteiger partial charge in [-0.3, -0.25) is 27.9 Å². The fraction of sp³-hybridized carbons (Fsp3) is 0.455. The SMILES string of the molecule is Nc1nc2c(ncn2[C@@H]2O[C@@H]3COP(O)(=S)O[C@@H]4C(O)[C@H](n5cnc6ccccc65)O[C@@H]4COP(=O)(S)O[C@H]2C3O)c(=O)[nH]1. The molecular weight excluding hydrogens is 664 g/mol. The molecule has 44 heavy (non-hydrogen) atoms. The number of fused-ring (bicyclic) bond motifs is 5. The second-order valence-corrected chi connectivity index (χ2v) is 15.9. The van der Waals surface area contributed by atoms with E-state index in [1.807, 2.05) is 0 Å². The number of nitrogens with zero attached hydrogens (tertiary/aromatic N) is 5. The summed E-state index contributed by atoms with van der Waals surface area (Å²) >= 11 is 9.33. The maximum Gasteiger partial charge on any atom is 0.386 e. The van der Waals surface area contributed by atoms with Gasteiger partial charge in [0.2, 0.25) is 5.95 Å². The van der Waals surface area contributed by atoms with Gasteiger partial charge in [0, 0.05) is 0 Å². The van der Waals surface area contributed by atoms with Crippen molar-refractivity contribution in [2.75, 3.05) is 18.9 Å². The summed E-state index contributed by atoms with van der Waals surface area (Å²) in [4.78, 5) is 38.1. The average molecular weight is 690 g/mol. The predicted octanol–water partition coefficient (Wildman–Crippen LogP) is 0.340. The highest BCUT2D eigenvalue weighted by Gasteiger charge is 2.52. The smallest absolute Gasteiger partial charge is 0.386 e. The van der Waals surface area contributed by atoms with Crippen molar-refractivity contribution in [3.8, 4) is 0 Å². The Hall–Kier alpha value is -2.29. The van der Waals surface area contributed by atoms with Crippen LogP contribution in [0.3, 0.4) is 0 Å². The Labute approximate surface area is 257 Å². The number of aliphatic hydroxyl groups is 2. The summed E-state index contributed by atoms with van der Waals surface area (Å²) < 4.78 is 50.9. The maximum absolute atomic E-state index is 13.5. The monoisotopic (exact) mass is 689 g/mol. The first kappa shape index (κ1) is 30.4. The number of para-hydroxylation sites is 2. The van der Waals surface area contributed by atoms with E-state index >= 15 is 0 Å². The Kier molecular flexibility index (Phi) is 7.73. The third-order valence-electron chi connectivity index (χ3n) is 7.42. The van der Waals surface area contributed by atoms with E-state index < -0.39 is 81.4 Å². The predicted molar refractivity (Wildman–Crippen MR) is 157 cm³/mol. The second kappa shape index (κ2) is 11.2. The van der Waals surface area contributed by atoms with Crippen LogP contribution in [0.2, 0.25) is 0 Å². The average Bonchev–Trinajstić information content (AvgIpc) is 3.72. The number of ether oxygens (including phenoxy) is 2. The molecule has 0 amide bonds. The third-order valence-corrected chi connectivity index (χ3v) is 10.6. The number of aromatic amines is 1. The molecule has 3 aliphatic rings. The molecule has 1 aromatic carbocycles. The molecule has 18 nitrogen and oxygen atoms in total. The fourth-order valence-electron chi connectivity index (χ4n) is 5.42. The molecule has 3 aliphatic heterocycles. The van der Waals surface area contributed by atoms with Crippen molar-refractivity contribution in [2.24, 2.45) is 0 Å². The number of hydrogen-bond donors (Lipinski definition) is 6. The Bertz CT molecular complexity index is 1890. The standard InChI is InChI=1S/C22H25N7O11P2S2/c23-22-26-18-13(19(32)27-22)25-8-29(18)21-17-14(30)11(37-21)5-35-41(33,43)39-16-12(6-36-42(34,44)40-17)38-20(15(16)31)28-7-24-9-3-1-2-4-10(9)28/h1-4,7-8,11-12,14-17,20-21,30-31H,5-6H2,(H,33,43)(H,34,44)(H3,23,26,27,32)/t11-,12-,14?,15?,16+,17+,20-,21-,41?,42?/m1/s1. The zero-order valence-electron chi connectivity index (χ0n) is 22.2. The lowest BCUT2D eigenvalue weighted by Gasteiger charge is -2.27. The molecule has 22 heteroatoms. The molecule has 0 aliphatic carbocycles. The maximum atomic E-state index is 13.5. The van der Waals surface area contributed by atoms with Gasteiger partial charge in [0.15, 0.2) is 23.6 Å². The van der Waals surface area contributed by atoms with Gasteiger partial charge in [-0.25, -0.2) is 14.5 Å². The second-order valence-electron chi connectivity index (χ2n) is 10.2. The van der Waals surface area contributed by atoms with Gasteiger partial charge in [-0.1, -0.05) is 24.4 Å². The quantitative estimate of drug-likeness (QED) is 0.123. The first-order chi connectivity index (χ1) is 20.9. The van der Waals surface area contributed by atoms with E-state index in [1.54, 1.807) is 28.8 Å². The minimum atomic E-state index is -4.32. The van der Waals surface area contributed by atoms with Gasteiger partial charge < -0.3 is 39.4 Å². The highest BCUT2D eigenvalue weighted by atomic mass is 32.7. The number of benzene rings is 1. The largest absolute Gasteiger partial charge is 0.387 e. The molecule has 10 atom stereocenters. The Morgan fingerprint density at radius 1 is 1.00 bits per heavy atom. The van der Waals surface area contributed by atoms with Crippen molar-refractivity contribution < 1.29 is 47.2 Å². The van der Waals surface area contributed by atoms with Crippen LogP contribution in [0.1, 0.15) is 12.5 Å². The van der Waals surface area contributed by atoms with E-state index in [-0.39, 0.29) is 17.1 Å². The first-order valence-corrected chi connectivity index (χ1v) is 18.3. The molecule has 6 heterocycles. The van der Waals surface area contributed by atoms with E-state index in [9.17, 15) is 24.5 Å². The van der Waals surface area contributed by atoms with Gasteiger partial charge in [-0.05, 0) is 23.9 Å².